The van der Waals surface area contributed by atoms with Gasteiger partial charge in [-0.1, -0.05) is 0 Å². The van der Waals surface area contributed by atoms with Crippen molar-refractivity contribution in [3.8, 4) is 0 Å². The molecule has 0 aromatic heterocycles. The van der Waals surface area contributed by atoms with Crippen LogP contribution < -0.4 is 11.3 Å². The molecule has 0 aromatic carbocycles. The standard InChI is InChI=1S/C3H6O3.H3N/c1-2(4)3(5)6;/h2,4H,1H3,(H,5,6);1H3/t2-;/m0./s1. The van der Waals surface area contributed by atoms with E-state index in [4.69, 9.17) is 5.11 Å². The maximum Gasteiger partial charge on any atom is 0.0905 e. The lowest BCUT2D eigenvalue weighted by Crippen LogP contribution is -2.32. The van der Waals surface area contributed by atoms with Crippen LogP contribution in [0.5, 0.6) is 0 Å². The van der Waals surface area contributed by atoms with Crippen molar-refractivity contribution in [2.45, 2.75) is 13.0 Å². The van der Waals surface area contributed by atoms with Crippen LogP contribution in [0.15, 0.2) is 0 Å². The highest BCUT2D eigenvalue weighted by molar-refractivity contribution is 5.68. The molecule has 7 heavy (non-hydrogen) atoms. The lowest BCUT2D eigenvalue weighted by Gasteiger charge is -2.00. The number of aliphatic carboxylic acids is 1. The zero-order chi connectivity index (χ0) is 5.15. The Kier molecular flexibility index (Phi) is 4.92. The molecule has 4 heteroatoms. The Morgan fingerprint density at radius 1 is 1.86 bits per heavy atom. The number of hydrogen-bond acceptors (Lipinski definition) is 3. The van der Waals surface area contributed by atoms with E-state index in [9.17, 15) is 9.90 Å². The van der Waals surface area contributed by atoms with Crippen molar-refractivity contribution in [1.29, 1.82) is 0 Å². The molecular weight excluding hydrogens is 98.0 g/mol. The normalized spacial score (nSPS) is 11.7. The Bertz CT molecular complexity index is 61.2. The number of carboxylic acids is 1. The molecule has 4 nitrogen and oxygen atoms in total. The van der Waals surface area contributed by atoms with Gasteiger partial charge in [0.15, 0.2) is 0 Å². The highest BCUT2D eigenvalue weighted by Gasteiger charge is 1.89. The van der Waals surface area contributed by atoms with Gasteiger partial charge in [0, 0.05) is 0 Å². The third kappa shape index (κ3) is 5.39. The Hall–Kier alpha value is -0.610. The summed E-state index contributed by atoms with van der Waals surface area (Å²) in [5, 5.41) is 17.3. The summed E-state index contributed by atoms with van der Waals surface area (Å²) in [4.78, 5) is 9.34. The highest BCUT2D eigenvalue weighted by Crippen LogP contribution is 1.69. The molecule has 0 fully saturated rings. The molecule has 0 aliphatic heterocycles. The Labute approximate surface area is 41.4 Å². The quantitative estimate of drug-likeness (QED) is 0.426. The summed E-state index contributed by atoms with van der Waals surface area (Å²) in [6, 6.07) is 0. The van der Waals surface area contributed by atoms with Crippen LogP contribution >= 0.6 is 0 Å². The third-order valence-electron chi connectivity index (χ3n) is 0.341. The monoisotopic (exact) mass is 107 g/mol. The molecule has 1 atom stereocenters. The molecule has 0 amide bonds. The van der Waals surface area contributed by atoms with Crippen LogP contribution in [0.2, 0.25) is 0 Å². The summed E-state index contributed by atoms with van der Waals surface area (Å²) < 4.78 is 0. The molecule has 44 valence electrons. The number of aliphatic hydroxyl groups excluding tert-OH is 1. The number of hydrogen-bond donors (Lipinski definition) is 2. The third-order valence-corrected chi connectivity index (χ3v) is 0.341. The first kappa shape index (κ1) is 9.63. The van der Waals surface area contributed by atoms with Crippen molar-refractivity contribution < 1.29 is 15.0 Å². The van der Waals surface area contributed by atoms with E-state index < -0.39 is 12.1 Å². The van der Waals surface area contributed by atoms with Crippen molar-refractivity contribution in [2.75, 3.05) is 0 Å². The fourth-order valence-corrected chi connectivity index (χ4v) is 0. The molecule has 0 aliphatic rings. The largest absolute Gasteiger partial charge is 0.547 e. The Balaban J connectivity index is 0. The predicted molar refractivity (Wildman–Crippen MR) is 22.7 cm³/mol. The van der Waals surface area contributed by atoms with Crippen molar-refractivity contribution in [1.82, 2.24) is 6.15 Å². The predicted octanol–water partition coefficient (Wildman–Crippen LogP) is -1.51. The van der Waals surface area contributed by atoms with E-state index in [1.165, 1.54) is 0 Å². The zero-order valence-electron chi connectivity index (χ0n) is 4.34. The second-order valence-corrected chi connectivity index (χ2v) is 0.995. The van der Waals surface area contributed by atoms with Crippen LogP contribution in [-0.2, 0) is 4.79 Å². The molecule has 0 bridgehead atoms. The average Bonchev–Trinajstić information content (AvgIpc) is 1.36. The van der Waals surface area contributed by atoms with Gasteiger partial charge in [-0.05, 0) is 6.92 Å². The number of aliphatic hydroxyl groups is 1. The minimum absolute atomic E-state index is 0. The lowest BCUT2D eigenvalue weighted by atomic mass is 10.4. The fourth-order valence-electron chi connectivity index (χ4n) is 0. The fraction of sp³-hybridized carbons (Fsp3) is 0.667. The minimum atomic E-state index is -1.44. The summed E-state index contributed by atoms with van der Waals surface area (Å²) >= 11 is 0. The molecule has 0 spiro atoms. The summed E-state index contributed by atoms with van der Waals surface area (Å²) in [6.45, 7) is 1.13. The van der Waals surface area contributed by atoms with Crippen LogP contribution in [0.3, 0.4) is 0 Å². The van der Waals surface area contributed by atoms with Gasteiger partial charge in [0.05, 0.1) is 12.1 Å². The van der Waals surface area contributed by atoms with Crippen molar-refractivity contribution in [3.63, 3.8) is 0 Å². The van der Waals surface area contributed by atoms with Gasteiger partial charge >= 0.3 is 0 Å². The van der Waals surface area contributed by atoms with Gasteiger partial charge in [-0.25, -0.2) is 0 Å². The zero-order valence-corrected chi connectivity index (χ0v) is 4.34. The van der Waals surface area contributed by atoms with E-state index in [0.717, 1.165) is 6.92 Å². The molecule has 0 unspecified atom stereocenters. The van der Waals surface area contributed by atoms with Crippen LogP contribution in [-0.4, -0.2) is 17.2 Å². The Morgan fingerprint density at radius 3 is 2.00 bits per heavy atom. The van der Waals surface area contributed by atoms with Gasteiger partial charge < -0.3 is 21.2 Å². The average molecular weight is 107 g/mol. The van der Waals surface area contributed by atoms with Gasteiger partial charge in [0.1, 0.15) is 0 Å². The van der Waals surface area contributed by atoms with E-state index in [2.05, 4.69) is 0 Å². The van der Waals surface area contributed by atoms with Crippen LogP contribution in [0.4, 0.5) is 0 Å². The lowest BCUT2D eigenvalue weighted by molar-refractivity contribution is -0.314. The first-order chi connectivity index (χ1) is 2.64. The first-order valence-electron chi connectivity index (χ1n) is 1.53. The van der Waals surface area contributed by atoms with Gasteiger partial charge in [-0.2, -0.15) is 0 Å². The molecule has 0 heterocycles. The molecule has 0 aliphatic carbocycles. The van der Waals surface area contributed by atoms with Gasteiger partial charge in [0.25, 0.3) is 0 Å². The summed E-state index contributed by atoms with van der Waals surface area (Å²) in [7, 11) is 0. The maximum atomic E-state index is 9.34. The number of quaternary nitrogens is 1. The molecule has 0 aromatic rings. The molecule has 0 radical (unpaired) electrons. The molecule has 0 saturated carbocycles. The molecule has 0 rings (SSSR count). The number of rotatable bonds is 1. The summed E-state index contributed by atoms with van der Waals surface area (Å²) in [6.07, 6.45) is -1.34. The molecule has 5 N–H and O–H groups in total. The molecule has 0 saturated heterocycles. The van der Waals surface area contributed by atoms with Crippen LogP contribution in [0.25, 0.3) is 0 Å². The van der Waals surface area contributed by atoms with E-state index in [0.29, 0.717) is 0 Å². The smallest absolute Gasteiger partial charge is 0.0905 e. The second kappa shape index (κ2) is 3.58. The Morgan fingerprint density at radius 2 is 2.00 bits per heavy atom. The van der Waals surface area contributed by atoms with E-state index in [1.807, 2.05) is 0 Å². The first-order valence-corrected chi connectivity index (χ1v) is 1.53. The number of carboxylic acid groups (broad SMARTS) is 1. The van der Waals surface area contributed by atoms with Crippen molar-refractivity contribution >= 4 is 5.97 Å². The van der Waals surface area contributed by atoms with Gasteiger partial charge in [0.2, 0.25) is 0 Å². The van der Waals surface area contributed by atoms with E-state index in [1.54, 1.807) is 0 Å². The van der Waals surface area contributed by atoms with Crippen LogP contribution in [0, 0.1) is 0 Å². The number of carbonyl (C=O) groups excluding carboxylic acids is 1. The van der Waals surface area contributed by atoms with E-state index >= 15 is 0 Å². The van der Waals surface area contributed by atoms with Crippen molar-refractivity contribution in [3.05, 3.63) is 0 Å². The van der Waals surface area contributed by atoms with Gasteiger partial charge in [-0.15, -0.1) is 0 Å². The van der Waals surface area contributed by atoms with E-state index in [-0.39, 0.29) is 6.15 Å². The minimum Gasteiger partial charge on any atom is -0.547 e. The molecular formula is C3H9NO3. The summed E-state index contributed by atoms with van der Waals surface area (Å²) in [5.41, 5.74) is 0. The second-order valence-electron chi connectivity index (χ2n) is 0.995. The SMILES string of the molecule is C[C@H](O)C(=O)[O-].[NH4+]. The topological polar surface area (TPSA) is 96.9 Å². The number of carbonyl (C=O) groups is 1. The van der Waals surface area contributed by atoms with Crippen molar-refractivity contribution in [2.24, 2.45) is 0 Å². The summed E-state index contributed by atoms with van der Waals surface area (Å²) in [5.74, 6) is -1.44. The van der Waals surface area contributed by atoms with Crippen LogP contribution in [0.1, 0.15) is 6.92 Å². The maximum absolute atomic E-state index is 9.34. The highest BCUT2D eigenvalue weighted by atomic mass is 16.4. The van der Waals surface area contributed by atoms with Gasteiger partial charge in [-0.3, -0.25) is 0 Å².